The molecule has 0 radical (unpaired) electrons. The van der Waals surface area contributed by atoms with Gasteiger partial charge in [-0.05, 0) is 61.5 Å². The summed E-state index contributed by atoms with van der Waals surface area (Å²) in [5, 5.41) is 2.42. The van der Waals surface area contributed by atoms with E-state index >= 15 is 0 Å². The van der Waals surface area contributed by atoms with Gasteiger partial charge in [0.15, 0.2) is 0 Å². The number of rotatable bonds is 4. The van der Waals surface area contributed by atoms with Crippen molar-refractivity contribution in [2.45, 2.75) is 6.92 Å². The molecule has 4 aromatic rings. The quantitative estimate of drug-likeness (QED) is 0.414. The molecule has 3 aromatic carbocycles. The molecule has 3 nitrogen and oxygen atoms in total. The van der Waals surface area contributed by atoms with Crippen LogP contribution in [0.4, 0.5) is 5.69 Å². The smallest absolute Gasteiger partial charge is 0.137 e. The lowest BCUT2D eigenvalue weighted by Gasteiger charge is -2.08. The molecule has 4 heteroatoms. The predicted octanol–water partition coefficient (Wildman–Crippen LogP) is 6.38. The number of benzene rings is 3. The molecular weight excluding hydrogens is 358 g/mol. The number of para-hydroxylation sites is 1. The molecule has 0 amide bonds. The van der Waals surface area contributed by atoms with Crippen molar-refractivity contribution in [3.63, 3.8) is 0 Å². The Kier molecular flexibility index (Phi) is 4.95. The van der Waals surface area contributed by atoms with E-state index in [-0.39, 0.29) is 0 Å². The zero-order chi connectivity index (χ0) is 18.6. The van der Waals surface area contributed by atoms with Gasteiger partial charge >= 0.3 is 0 Å². The molecule has 0 saturated carbocycles. The van der Waals surface area contributed by atoms with Crippen LogP contribution >= 0.6 is 11.6 Å². The second-order valence-electron chi connectivity index (χ2n) is 6.04. The van der Waals surface area contributed by atoms with Crippen molar-refractivity contribution >= 4 is 28.3 Å². The highest BCUT2D eigenvalue weighted by molar-refractivity contribution is 6.30. The average molecular weight is 376 g/mol. The Balaban J connectivity index is 1.96. The van der Waals surface area contributed by atoms with E-state index in [1.54, 1.807) is 0 Å². The normalized spacial score (nSPS) is 11.7. The largest absolute Gasteiger partial charge is 0.494 e. The average Bonchev–Trinajstić information content (AvgIpc) is 2.70. The van der Waals surface area contributed by atoms with Crippen LogP contribution in [0.3, 0.4) is 0 Å². The van der Waals surface area contributed by atoms with Crippen LogP contribution in [0.5, 0.6) is 5.75 Å². The van der Waals surface area contributed by atoms with Gasteiger partial charge in [0.25, 0.3) is 0 Å². The molecule has 1 heterocycles. The zero-order valence-corrected chi connectivity index (χ0v) is 15.6. The van der Waals surface area contributed by atoms with Gasteiger partial charge in [-0.3, -0.25) is 0 Å². The van der Waals surface area contributed by atoms with Crippen molar-refractivity contribution in [3.8, 4) is 17.1 Å². The lowest BCUT2D eigenvalue weighted by atomic mass is 10.1. The minimum absolute atomic E-state index is 0.608. The Hall–Kier alpha value is -3.04. The van der Waals surface area contributed by atoms with Crippen LogP contribution in [0, 0.1) is 0 Å². The Bertz CT molecular complexity index is 1130. The molecule has 0 atom stereocenters. The molecule has 0 N–H and O–H groups in total. The molecule has 0 aliphatic carbocycles. The molecule has 0 fully saturated rings. The van der Waals surface area contributed by atoms with E-state index < -0.39 is 0 Å². The van der Waals surface area contributed by atoms with Crippen LogP contribution in [0.25, 0.3) is 22.3 Å². The van der Waals surface area contributed by atoms with E-state index in [1.807, 2.05) is 85.8 Å². The van der Waals surface area contributed by atoms with Gasteiger partial charge < -0.3 is 9.15 Å². The van der Waals surface area contributed by atoms with Gasteiger partial charge in [-0.2, -0.15) is 0 Å². The second-order valence-corrected chi connectivity index (χ2v) is 6.48. The summed E-state index contributed by atoms with van der Waals surface area (Å²) in [6.45, 7) is 2.57. The fourth-order valence-corrected chi connectivity index (χ4v) is 3.02. The van der Waals surface area contributed by atoms with E-state index in [0.717, 1.165) is 39.1 Å². The van der Waals surface area contributed by atoms with Crippen LogP contribution in [-0.2, 0) is 0 Å². The first-order valence-electron chi connectivity index (χ1n) is 8.79. The van der Waals surface area contributed by atoms with Gasteiger partial charge in [0.05, 0.1) is 17.7 Å². The maximum Gasteiger partial charge on any atom is 0.137 e. The molecule has 0 bridgehead atoms. The fraction of sp³-hybridized carbons (Fsp3) is 0.0870. The van der Waals surface area contributed by atoms with Crippen molar-refractivity contribution in [2.75, 3.05) is 6.61 Å². The maximum atomic E-state index is 6.14. The number of fused-ring (bicyclic) bond motifs is 1. The molecule has 0 saturated heterocycles. The standard InChI is InChI=1S/C23H18ClNO2/c1-2-26-19-12-13-22-20(14-19)21(25-18-6-4-3-5-7-18)15-23(27-22)16-8-10-17(24)11-9-16/h3-15H,2H2,1H3. The molecule has 1 aromatic heterocycles. The van der Waals surface area contributed by atoms with Crippen LogP contribution < -0.4 is 10.1 Å². The lowest BCUT2D eigenvalue weighted by Crippen LogP contribution is -2.04. The SMILES string of the molecule is CCOc1ccc2oc(-c3ccc(Cl)cc3)cc(=Nc3ccccc3)c2c1. The summed E-state index contributed by atoms with van der Waals surface area (Å²) >= 11 is 6.02. The topological polar surface area (TPSA) is 34.7 Å². The molecule has 0 aliphatic heterocycles. The molecule has 0 unspecified atom stereocenters. The van der Waals surface area contributed by atoms with Crippen LogP contribution in [-0.4, -0.2) is 6.61 Å². The van der Waals surface area contributed by atoms with Crippen molar-refractivity contribution in [2.24, 2.45) is 4.99 Å². The fourth-order valence-electron chi connectivity index (χ4n) is 2.90. The third-order valence-electron chi connectivity index (χ3n) is 4.16. The molecule has 0 spiro atoms. The summed E-state index contributed by atoms with van der Waals surface area (Å²) < 4.78 is 11.8. The van der Waals surface area contributed by atoms with E-state index in [0.29, 0.717) is 11.6 Å². The molecule has 4 rings (SSSR count). The van der Waals surface area contributed by atoms with Gasteiger partial charge in [0.1, 0.15) is 17.1 Å². The Morgan fingerprint density at radius 3 is 2.44 bits per heavy atom. The van der Waals surface area contributed by atoms with Crippen LogP contribution in [0.15, 0.2) is 88.3 Å². The molecular formula is C23H18ClNO2. The van der Waals surface area contributed by atoms with Crippen molar-refractivity contribution in [1.29, 1.82) is 0 Å². The highest BCUT2D eigenvalue weighted by Gasteiger charge is 2.08. The summed E-state index contributed by atoms with van der Waals surface area (Å²) in [4.78, 5) is 4.83. The van der Waals surface area contributed by atoms with Gasteiger partial charge in [-0.25, -0.2) is 4.99 Å². The summed E-state index contributed by atoms with van der Waals surface area (Å²) in [6, 6.07) is 25.2. The number of halogens is 1. The maximum absolute atomic E-state index is 6.14. The van der Waals surface area contributed by atoms with Crippen LogP contribution in [0.1, 0.15) is 6.92 Å². The van der Waals surface area contributed by atoms with E-state index in [2.05, 4.69) is 0 Å². The number of hydrogen-bond acceptors (Lipinski definition) is 3. The Morgan fingerprint density at radius 2 is 1.70 bits per heavy atom. The van der Waals surface area contributed by atoms with E-state index in [1.165, 1.54) is 0 Å². The molecule has 27 heavy (non-hydrogen) atoms. The van der Waals surface area contributed by atoms with Crippen molar-refractivity contribution in [1.82, 2.24) is 0 Å². The summed E-state index contributed by atoms with van der Waals surface area (Å²) in [5.41, 5.74) is 2.58. The highest BCUT2D eigenvalue weighted by Crippen LogP contribution is 2.26. The van der Waals surface area contributed by atoms with E-state index in [4.69, 9.17) is 25.7 Å². The van der Waals surface area contributed by atoms with E-state index in [9.17, 15) is 0 Å². The summed E-state index contributed by atoms with van der Waals surface area (Å²) in [7, 11) is 0. The molecule has 134 valence electrons. The second kappa shape index (κ2) is 7.68. The Morgan fingerprint density at radius 1 is 0.926 bits per heavy atom. The summed E-state index contributed by atoms with van der Waals surface area (Å²) in [5.74, 6) is 1.53. The van der Waals surface area contributed by atoms with Gasteiger partial charge in [-0.1, -0.05) is 29.8 Å². The lowest BCUT2D eigenvalue weighted by molar-refractivity contribution is 0.340. The number of ether oxygens (including phenoxy) is 1. The van der Waals surface area contributed by atoms with Gasteiger partial charge in [0, 0.05) is 22.0 Å². The Labute approximate surface area is 162 Å². The van der Waals surface area contributed by atoms with Crippen molar-refractivity contribution < 1.29 is 9.15 Å². The summed E-state index contributed by atoms with van der Waals surface area (Å²) in [6.07, 6.45) is 0. The first-order chi connectivity index (χ1) is 13.2. The van der Waals surface area contributed by atoms with Gasteiger partial charge in [-0.15, -0.1) is 0 Å². The van der Waals surface area contributed by atoms with Crippen LogP contribution in [0.2, 0.25) is 5.02 Å². The predicted molar refractivity (Wildman–Crippen MR) is 109 cm³/mol. The first kappa shape index (κ1) is 17.4. The third kappa shape index (κ3) is 3.88. The number of nitrogens with zero attached hydrogens (tertiary/aromatic N) is 1. The minimum atomic E-state index is 0.608. The number of hydrogen-bond donors (Lipinski definition) is 0. The third-order valence-corrected chi connectivity index (χ3v) is 4.41. The monoisotopic (exact) mass is 375 g/mol. The first-order valence-corrected chi connectivity index (χ1v) is 9.17. The minimum Gasteiger partial charge on any atom is -0.494 e. The molecule has 0 aliphatic rings. The zero-order valence-electron chi connectivity index (χ0n) is 14.9. The van der Waals surface area contributed by atoms with Gasteiger partial charge in [0.2, 0.25) is 0 Å². The highest BCUT2D eigenvalue weighted by atomic mass is 35.5. The van der Waals surface area contributed by atoms with Crippen molar-refractivity contribution in [3.05, 3.63) is 89.2 Å².